The van der Waals surface area contributed by atoms with Gasteiger partial charge in [0.15, 0.2) is 12.2 Å². The van der Waals surface area contributed by atoms with E-state index in [9.17, 15) is 24.3 Å². The third kappa shape index (κ3) is 4.95. The summed E-state index contributed by atoms with van der Waals surface area (Å²) in [6, 6.07) is 12.8. The number of nitrogens with zero attached hydrogens (tertiary/aromatic N) is 1. The van der Waals surface area contributed by atoms with Crippen LogP contribution in [0.1, 0.15) is 40.1 Å². The second-order valence-corrected chi connectivity index (χ2v) is 9.49. The molecule has 0 aliphatic carbocycles. The monoisotopic (exact) mass is 499 g/mol. The number of amides is 2. The Labute approximate surface area is 206 Å². The van der Waals surface area contributed by atoms with Crippen LogP contribution in [0.4, 0.5) is 0 Å². The van der Waals surface area contributed by atoms with Gasteiger partial charge in [-0.3, -0.25) is 24.1 Å². The number of fused-ring (bicyclic) bond motifs is 1. The third-order valence-electron chi connectivity index (χ3n) is 5.80. The fourth-order valence-corrected chi connectivity index (χ4v) is 5.47. The molecule has 2 aliphatic heterocycles. The predicted molar refractivity (Wildman–Crippen MR) is 125 cm³/mol. The molecule has 5 atom stereocenters. The van der Waals surface area contributed by atoms with Gasteiger partial charge in [-0.05, 0) is 31.2 Å². The second kappa shape index (κ2) is 10.2. The maximum absolute atomic E-state index is 13.4. The average Bonchev–Trinajstić information content (AvgIpc) is 3.06. The number of carbonyl (C=O) groups excluding carboxylic acids is 4. The molecule has 9 nitrogen and oxygen atoms in total. The van der Waals surface area contributed by atoms with E-state index in [4.69, 9.17) is 14.2 Å². The number of ether oxygens (including phenoxy) is 3. The van der Waals surface area contributed by atoms with Crippen molar-refractivity contribution in [3.63, 3.8) is 0 Å². The lowest BCUT2D eigenvalue weighted by Gasteiger charge is -2.47. The number of thioether (sulfide) groups is 1. The molecule has 0 bridgehead atoms. The van der Waals surface area contributed by atoms with Crippen molar-refractivity contribution in [1.29, 1.82) is 0 Å². The van der Waals surface area contributed by atoms with Crippen molar-refractivity contribution in [3.05, 3.63) is 65.2 Å². The van der Waals surface area contributed by atoms with Gasteiger partial charge in [-0.15, -0.1) is 0 Å². The van der Waals surface area contributed by atoms with Crippen LogP contribution in [0.3, 0.4) is 0 Å². The molecule has 0 spiro atoms. The Balaban J connectivity index is 1.81. The van der Waals surface area contributed by atoms with Crippen molar-refractivity contribution in [2.45, 2.75) is 55.5 Å². The van der Waals surface area contributed by atoms with Crippen LogP contribution in [0.15, 0.2) is 53.4 Å². The summed E-state index contributed by atoms with van der Waals surface area (Å²) in [6.45, 7) is 3.74. The number of benzene rings is 2. The molecule has 1 N–H and O–H groups in total. The lowest BCUT2D eigenvalue weighted by atomic mass is 9.96. The van der Waals surface area contributed by atoms with E-state index in [1.807, 2.05) is 31.2 Å². The minimum atomic E-state index is -1.27. The van der Waals surface area contributed by atoms with Gasteiger partial charge < -0.3 is 19.3 Å². The van der Waals surface area contributed by atoms with Gasteiger partial charge in [-0.2, -0.15) is 0 Å². The largest absolute Gasteiger partial charge is 0.456 e. The maximum Gasteiger partial charge on any atom is 0.303 e. The van der Waals surface area contributed by atoms with Crippen LogP contribution in [0.5, 0.6) is 0 Å². The zero-order valence-electron chi connectivity index (χ0n) is 19.4. The van der Waals surface area contributed by atoms with Gasteiger partial charge in [0.2, 0.25) is 0 Å². The Morgan fingerprint density at radius 3 is 2.00 bits per heavy atom. The highest BCUT2D eigenvalue weighted by Crippen LogP contribution is 2.40. The van der Waals surface area contributed by atoms with Gasteiger partial charge in [-0.25, -0.2) is 0 Å². The number of rotatable bonds is 6. The van der Waals surface area contributed by atoms with Gasteiger partial charge in [0.25, 0.3) is 11.8 Å². The lowest BCUT2D eigenvalue weighted by molar-refractivity contribution is -0.214. The van der Waals surface area contributed by atoms with E-state index in [-0.39, 0.29) is 11.1 Å². The Hall–Kier alpha value is -3.21. The second-order valence-electron chi connectivity index (χ2n) is 8.32. The molecule has 2 aliphatic rings. The van der Waals surface area contributed by atoms with Crippen LogP contribution >= 0.6 is 11.8 Å². The van der Waals surface area contributed by atoms with Crippen molar-refractivity contribution >= 4 is 35.5 Å². The standard InChI is InChI=1S/C25H25NO8S/c1-13-8-10-16(11-9-13)35-25-20(26-23(30)17-6-4-5-7-18(17)24(26)31)22(33-15(3)29)21(32-14(2)28)19(12-27)34-25/h4-11,19-22,25,27H,12H2,1-3H3/t19-,20-,21-,22-,25+/m1/s1. The summed E-state index contributed by atoms with van der Waals surface area (Å²) in [5.41, 5.74) is 0.531. The minimum absolute atomic E-state index is 0.214. The molecule has 2 aromatic rings. The van der Waals surface area contributed by atoms with E-state index in [2.05, 4.69) is 0 Å². The van der Waals surface area contributed by atoms with Crippen molar-refractivity contribution in [2.24, 2.45) is 0 Å². The smallest absolute Gasteiger partial charge is 0.303 e. The van der Waals surface area contributed by atoms with Gasteiger partial charge >= 0.3 is 11.9 Å². The van der Waals surface area contributed by atoms with Crippen molar-refractivity contribution in [2.75, 3.05) is 6.61 Å². The van der Waals surface area contributed by atoms with Crippen LogP contribution in [0, 0.1) is 6.92 Å². The molecule has 2 amide bonds. The van der Waals surface area contributed by atoms with E-state index in [1.54, 1.807) is 24.3 Å². The normalized spacial score (nSPS) is 25.8. The first kappa shape index (κ1) is 24.9. The fraction of sp³-hybridized carbons (Fsp3) is 0.360. The zero-order valence-corrected chi connectivity index (χ0v) is 20.2. The number of carbonyl (C=O) groups is 4. The van der Waals surface area contributed by atoms with Crippen molar-refractivity contribution < 1.29 is 38.5 Å². The maximum atomic E-state index is 13.4. The molecule has 0 aromatic heterocycles. The molecular formula is C25H25NO8S. The highest BCUT2D eigenvalue weighted by atomic mass is 32.2. The topological polar surface area (TPSA) is 119 Å². The quantitative estimate of drug-likeness (QED) is 0.472. The summed E-state index contributed by atoms with van der Waals surface area (Å²) in [4.78, 5) is 52.6. The number of aliphatic hydroxyl groups is 1. The summed E-state index contributed by atoms with van der Waals surface area (Å²) in [5, 5.41) is 10.0. The molecule has 0 unspecified atom stereocenters. The first-order chi connectivity index (χ1) is 16.7. The van der Waals surface area contributed by atoms with E-state index in [1.165, 1.54) is 25.6 Å². The van der Waals surface area contributed by atoms with Gasteiger partial charge in [0, 0.05) is 18.7 Å². The van der Waals surface area contributed by atoms with Gasteiger partial charge in [0.05, 0.1) is 17.7 Å². The first-order valence-corrected chi connectivity index (χ1v) is 11.9. The van der Waals surface area contributed by atoms with Crippen LogP contribution in [0.2, 0.25) is 0 Å². The number of aryl methyl sites for hydroxylation is 1. The van der Waals surface area contributed by atoms with Gasteiger partial charge in [0.1, 0.15) is 17.6 Å². The molecule has 4 rings (SSSR count). The van der Waals surface area contributed by atoms with Crippen molar-refractivity contribution in [1.82, 2.24) is 4.90 Å². The summed E-state index contributed by atoms with van der Waals surface area (Å²) < 4.78 is 17.1. The number of aliphatic hydroxyl groups excluding tert-OH is 1. The Morgan fingerprint density at radius 2 is 1.49 bits per heavy atom. The van der Waals surface area contributed by atoms with E-state index in [0.717, 1.165) is 15.4 Å². The Bertz CT molecular complexity index is 1120. The van der Waals surface area contributed by atoms with Crippen LogP contribution < -0.4 is 0 Å². The van der Waals surface area contributed by atoms with Gasteiger partial charge in [-0.1, -0.05) is 41.6 Å². The molecule has 10 heteroatoms. The van der Waals surface area contributed by atoms with E-state index in [0.29, 0.717) is 0 Å². The molecular weight excluding hydrogens is 474 g/mol. The van der Waals surface area contributed by atoms with E-state index >= 15 is 0 Å². The summed E-state index contributed by atoms with van der Waals surface area (Å²) >= 11 is 1.21. The molecule has 35 heavy (non-hydrogen) atoms. The molecule has 1 fully saturated rings. The lowest BCUT2D eigenvalue weighted by Crippen LogP contribution is -2.66. The number of imide groups is 1. The molecule has 1 saturated heterocycles. The van der Waals surface area contributed by atoms with Crippen molar-refractivity contribution in [3.8, 4) is 0 Å². The van der Waals surface area contributed by atoms with Crippen LogP contribution in [0.25, 0.3) is 0 Å². The molecule has 2 heterocycles. The fourth-order valence-electron chi connectivity index (χ4n) is 4.30. The van der Waals surface area contributed by atoms with Crippen LogP contribution in [-0.4, -0.2) is 70.2 Å². The predicted octanol–water partition coefficient (Wildman–Crippen LogP) is 2.33. The highest BCUT2D eigenvalue weighted by Gasteiger charge is 2.56. The molecule has 0 saturated carbocycles. The SMILES string of the molecule is CC(=O)O[C@H]1[C@H](OC(C)=O)[C@@H](CO)O[C@@H](Sc2ccc(C)cc2)[C@@H]1N1C(=O)c2ccccc2C1=O. The molecule has 2 aromatic carbocycles. The third-order valence-corrected chi connectivity index (χ3v) is 6.96. The zero-order chi connectivity index (χ0) is 25.3. The first-order valence-electron chi connectivity index (χ1n) is 11.0. The summed E-state index contributed by atoms with van der Waals surface area (Å²) in [5.74, 6) is -2.55. The number of hydrogen-bond donors (Lipinski definition) is 1. The Kier molecular flexibility index (Phi) is 7.25. The minimum Gasteiger partial charge on any atom is -0.456 e. The Morgan fingerprint density at radius 1 is 0.943 bits per heavy atom. The average molecular weight is 500 g/mol. The summed E-state index contributed by atoms with van der Waals surface area (Å²) in [7, 11) is 0. The number of hydrogen-bond acceptors (Lipinski definition) is 9. The van der Waals surface area contributed by atoms with Crippen LogP contribution in [-0.2, 0) is 23.8 Å². The summed E-state index contributed by atoms with van der Waals surface area (Å²) in [6.07, 6.45) is -3.57. The number of esters is 2. The highest BCUT2D eigenvalue weighted by molar-refractivity contribution is 7.99. The van der Waals surface area contributed by atoms with E-state index < -0.39 is 60.1 Å². The molecule has 0 radical (unpaired) electrons. The molecule has 184 valence electrons.